The van der Waals surface area contributed by atoms with Crippen LogP contribution in [0.3, 0.4) is 0 Å². The van der Waals surface area contributed by atoms with Crippen molar-refractivity contribution in [3.8, 4) is 5.69 Å². The molecule has 7 heteroatoms. The Labute approximate surface area is 262 Å². The first kappa shape index (κ1) is 24.8. The van der Waals surface area contributed by atoms with Crippen molar-refractivity contribution in [1.29, 1.82) is 0 Å². The monoisotopic (exact) mass is 594 g/mol. The van der Waals surface area contributed by atoms with Gasteiger partial charge in [-0.05, 0) is 36.4 Å². The van der Waals surface area contributed by atoms with Gasteiger partial charge in [0.2, 0.25) is 0 Å². The van der Waals surface area contributed by atoms with Crippen molar-refractivity contribution >= 4 is 94.1 Å². The summed E-state index contributed by atoms with van der Waals surface area (Å²) in [5, 5.41) is 3.36. The molecule has 0 saturated carbocycles. The van der Waals surface area contributed by atoms with E-state index in [2.05, 4.69) is 137 Å². The predicted octanol–water partition coefficient (Wildman–Crippen LogP) is 7.83. The Kier molecular flexibility index (Phi) is 5.18. The number of anilines is 3. The van der Waals surface area contributed by atoms with Crippen LogP contribution in [-0.4, -0.2) is 21.2 Å². The molecule has 0 unspecified atom stereocenters. The second-order valence-corrected chi connectivity index (χ2v) is 12.4. The van der Waals surface area contributed by atoms with Gasteiger partial charge in [-0.25, -0.2) is 9.97 Å². The zero-order chi connectivity index (χ0) is 29.5. The van der Waals surface area contributed by atoms with E-state index in [4.69, 9.17) is 14.4 Å². The molecule has 0 aliphatic carbocycles. The van der Waals surface area contributed by atoms with E-state index in [9.17, 15) is 0 Å². The van der Waals surface area contributed by atoms with Gasteiger partial charge in [-0.15, -0.1) is 11.3 Å². The third-order valence-corrected chi connectivity index (χ3v) is 10.1. The Morgan fingerprint density at radius 1 is 0.622 bits per heavy atom. The molecule has 0 N–H and O–H groups in total. The van der Waals surface area contributed by atoms with Gasteiger partial charge in [0.05, 0.1) is 27.1 Å². The summed E-state index contributed by atoms with van der Waals surface area (Å²) in [6.07, 6.45) is 1.71. The number of thiophene rings is 1. The average molecular weight is 595 g/mol. The average Bonchev–Trinajstić information content (AvgIpc) is 3.78. The van der Waals surface area contributed by atoms with Crippen LogP contribution in [0.25, 0.3) is 47.9 Å². The Hall–Kier alpha value is -5.66. The third kappa shape index (κ3) is 3.44. The van der Waals surface area contributed by atoms with Crippen LogP contribution in [0.4, 0.5) is 17.2 Å². The molecule has 9 aromatic rings. The largest absolute Gasteiger partial charge is 0.468 e. The number of nitrogens with zero attached hydrogens (tertiary/aromatic N) is 4. The second kappa shape index (κ2) is 9.42. The number of fused-ring (bicyclic) bond motifs is 9. The molecule has 210 valence electrons. The number of furan rings is 1. The molecule has 0 radical (unpaired) electrons. The van der Waals surface area contributed by atoms with E-state index >= 15 is 0 Å². The highest BCUT2D eigenvalue weighted by molar-refractivity contribution is 7.26. The van der Waals surface area contributed by atoms with Crippen LogP contribution in [0.1, 0.15) is 0 Å². The summed E-state index contributed by atoms with van der Waals surface area (Å²) >= 11 is 1.74. The summed E-state index contributed by atoms with van der Waals surface area (Å²) in [4.78, 5) is 12.2. The lowest BCUT2D eigenvalue weighted by Crippen LogP contribution is -2.58. The number of rotatable bonds is 3. The van der Waals surface area contributed by atoms with Gasteiger partial charge >= 0.3 is 6.71 Å². The second-order valence-electron chi connectivity index (χ2n) is 11.4. The normalized spacial score (nSPS) is 12.8. The summed E-state index contributed by atoms with van der Waals surface area (Å²) < 4.78 is 11.6. The molecule has 0 saturated heterocycles. The molecule has 5 aromatic carbocycles. The molecule has 4 aromatic heterocycles. The molecule has 0 fully saturated rings. The summed E-state index contributed by atoms with van der Waals surface area (Å²) in [5.41, 5.74) is 9.43. The van der Waals surface area contributed by atoms with Crippen molar-refractivity contribution < 1.29 is 4.42 Å². The maximum Gasteiger partial charge on any atom is 0.313 e. The Balaban J connectivity index is 1.42. The van der Waals surface area contributed by atoms with Crippen LogP contribution in [0.15, 0.2) is 144 Å². The maximum atomic E-state index is 6.93. The smallest absolute Gasteiger partial charge is 0.313 e. The Bertz CT molecular complexity index is 2570. The molecule has 0 bridgehead atoms. The van der Waals surface area contributed by atoms with E-state index in [1.165, 1.54) is 10.2 Å². The van der Waals surface area contributed by atoms with E-state index in [-0.39, 0.29) is 6.71 Å². The minimum Gasteiger partial charge on any atom is -0.468 e. The van der Waals surface area contributed by atoms with E-state index in [1.807, 2.05) is 6.07 Å². The predicted molar refractivity (Wildman–Crippen MR) is 187 cm³/mol. The zero-order valence-electron chi connectivity index (χ0n) is 24.0. The molecule has 45 heavy (non-hydrogen) atoms. The van der Waals surface area contributed by atoms with Crippen molar-refractivity contribution in [2.45, 2.75) is 0 Å². The van der Waals surface area contributed by atoms with Gasteiger partial charge < -0.3 is 8.98 Å². The maximum absolute atomic E-state index is 6.93. The van der Waals surface area contributed by atoms with Gasteiger partial charge in [0.15, 0.2) is 5.82 Å². The van der Waals surface area contributed by atoms with Crippen LogP contribution in [0.2, 0.25) is 0 Å². The lowest BCUT2D eigenvalue weighted by Gasteiger charge is -2.33. The number of hydrogen-bond donors (Lipinski definition) is 0. The minimum atomic E-state index is -0.160. The molecule has 1 aliphatic rings. The standard InChI is InChI=1S/C38H23BN4OS/c1-3-13-24(14-4-1)39-36-33(26-17-7-10-20-29(26)42(36)25-15-5-2-6-16-25)43(34-27-18-8-11-21-30(27)44-37(34)39)38-35-32(40-23-41-38)28-19-9-12-22-31(28)45-35/h1-23H. The van der Waals surface area contributed by atoms with Crippen molar-refractivity contribution in [2.24, 2.45) is 0 Å². The number of para-hydroxylation sites is 3. The van der Waals surface area contributed by atoms with Gasteiger partial charge in [0, 0.05) is 32.1 Å². The van der Waals surface area contributed by atoms with Crippen molar-refractivity contribution in [3.05, 3.63) is 140 Å². The van der Waals surface area contributed by atoms with E-state index in [0.717, 1.165) is 71.6 Å². The number of benzene rings is 5. The van der Waals surface area contributed by atoms with Crippen LogP contribution in [0, 0.1) is 0 Å². The number of aromatic nitrogens is 3. The molecular weight excluding hydrogens is 571 g/mol. The molecular formula is C38H23BN4OS. The fourth-order valence-electron chi connectivity index (χ4n) is 7.15. The molecule has 1 aliphatic heterocycles. The van der Waals surface area contributed by atoms with Crippen LogP contribution in [-0.2, 0) is 0 Å². The highest BCUT2D eigenvalue weighted by Crippen LogP contribution is 2.48. The van der Waals surface area contributed by atoms with Crippen molar-refractivity contribution in [3.63, 3.8) is 0 Å². The van der Waals surface area contributed by atoms with Crippen molar-refractivity contribution in [2.75, 3.05) is 4.90 Å². The summed E-state index contributed by atoms with van der Waals surface area (Å²) in [6, 6.07) is 46.9. The molecule has 10 rings (SSSR count). The van der Waals surface area contributed by atoms with Crippen molar-refractivity contribution in [1.82, 2.24) is 14.5 Å². The Morgan fingerprint density at radius 2 is 1.31 bits per heavy atom. The fourth-order valence-corrected chi connectivity index (χ4v) is 8.28. The highest BCUT2D eigenvalue weighted by Gasteiger charge is 2.45. The minimum absolute atomic E-state index is 0.160. The number of hydrogen-bond acceptors (Lipinski definition) is 5. The SMILES string of the molecule is c1ccc(B2c3oc4ccccc4c3N(c3ncnc4c3sc3ccccc34)c3c2n(-c2ccccc2)c2ccccc32)cc1. The first-order chi connectivity index (χ1) is 22.4. The summed E-state index contributed by atoms with van der Waals surface area (Å²) in [7, 11) is 0. The zero-order valence-corrected chi connectivity index (χ0v) is 24.8. The topological polar surface area (TPSA) is 47.1 Å². The van der Waals surface area contributed by atoms with Gasteiger partial charge in [-0.3, -0.25) is 4.90 Å². The molecule has 0 spiro atoms. The first-order valence-electron chi connectivity index (χ1n) is 15.0. The van der Waals surface area contributed by atoms with Gasteiger partial charge in [-0.2, -0.15) is 0 Å². The lowest BCUT2D eigenvalue weighted by atomic mass is 9.39. The third-order valence-electron chi connectivity index (χ3n) is 8.96. The van der Waals surface area contributed by atoms with E-state index < -0.39 is 0 Å². The van der Waals surface area contributed by atoms with Gasteiger partial charge in [-0.1, -0.05) is 103 Å². The quantitative estimate of drug-likeness (QED) is 0.196. The van der Waals surface area contributed by atoms with Crippen LogP contribution in [0.5, 0.6) is 0 Å². The fraction of sp³-hybridized carbons (Fsp3) is 0. The summed E-state index contributed by atoms with van der Waals surface area (Å²) in [6.45, 7) is -0.160. The highest BCUT2D eigenvalue weighted by atomic mass is 32.1. The lowest BCUT2D eigenvalue weighted by molar-refractivity contribution is 0.651. The van der Waals surface area contributed by atoms with E-state index in [1.54, 1.807) is 17.7 Å². The van der Waals surface area contributed by atoms with Gasteiger partial charge in [0.25, 0.3) is 0 Å². The molecule has 0 amide bonds. The van der Waals surface area contributed by atoms with Gasteiger partial charge in [0.1, 0.15) is 17.6 Å². The first-order valence-corrected chi connectivity index (χ1v) is 15.9. The molecule has 5 nitrogen and oxygen atoms in total. The molecule has 0 atom stereocenters. The Morgan fingerprint density at radius 3 is 2.16 bits per heavy atom. The van der Waals surface area contributed by atoms with Crippen LogP contribution >= 0.6 is 11.3 Å². The van der Waals surface area contributed by atoms with E-state index in [0.29, 0.717) is 0 Å². The summed E-state index contributed by atoms with van der Waals surface area (Å²) in [5.74, 6) is 0.859. The molecule has 5 heterocycles. The van der Waals surface area contributed by atoms with Crippen LogP contribution < -0.4 is 21.6 Å².